The van der Waals surface area contributed by atoms with Gasteiger partial charge in [-0.2, -0.15) is 9.97 Å². The Morgan fingerprint density at radius 2 is 1.72 bits per heavy atom. The number of nitrogens with one attached hydrogen (secondary N) is 1. The highest BCUT2D eigenvalue weighted by atomic mass is 16.5. The molecule has 2 aromatic carbocycles. The molecule has 4 aromatic rings. The number of ether oxygens (including phenoxy) is 3. The minimum Gasteiger partial charge on any atom is -0.461 e. The summed E-state index contributed by atoms with van der Waals surface area (Å²) < 4.78 is 16.4. The summed E-state index contributed by atoms with van der Waals surface area (Å²) in [6.45, 7) is 0.853. The molecule has 0 fully saturated rings. The predicted octanol–water partition coefficient (Wildman–Crippen LogP) is 4.59. The first-order chi connectivity index (χ1) is 14.3. The van der Waals surface area contributed by atoms with E-state index in [4.69, 9.17) is 14.2 Å². The molecular formula is C22H20N4O3. The maximum Gasteiger partial charge on any atom is 0.319 e. The molecule has 0 bridgehead atoms. The van der Waals surface area contributed by atoms with Gasteiger partial charge in [-0.25, -0.2) is 0 Å². The van der Waals surface area contributed by atoms with E-state index in [-0.39, 0.29) is 0 Å². The Bertz CT molecular complexity index is 1070. The SMILES string of the molecule is COCCOc1nc(Nc2ccc(Oc3cccnc3)cc2)c2ccccc2n1. The lowest BCUT2D eigenvalue weighted by Crippen LogP contribution is -2.08. The van der Waals surface area contributed by atoms with Crippen molar-refractivity contribution in [3.8, 4) is 17.5 Å². The number of pyridine rings is 1. The summed E-state index contributed by atoms with van der Waals surface area (Å²) in [5.41, 5.74) is 1.67. The fourth-order valence-electron chi connectivity index (χ4n) is 2.72. The van der Waals surface area contributed by atoms with Crippen LogP contribution >= 0.6 is 0 Å². The number of fused-ring (bicyclic) bond motifs is 1. The van der Waals surface area contributed by atoms with Crippen molar-refractivity contribution in [3.05, 3.63) is 73.1 Å². The Morgan fingerprint density at radius 3 is 2.52 bits per heavy atom. The van der Waals surface area contributed by atoms with Crippen LogP contribution in [-0.2, 0) is 4.74 Å². The van der Waals surface area contributed by atoms with E-state index in [1.165, 1.54) is 0 Å². The maximum absolute atomic E-state index is 5.78. The summed E-state index contributed by atoms with van der Waals surface area (Å²) in [6, 6.07) is 19.4. The largest absolute Gasteiger partial charge is 0.461 e. The normalized spacial score (nSPS) is 10.7. The summed E-state index contributed by atoms with van der Waals surface area (Å²) in [4.78, 5) is 13.0. The van der Waals surface area contributed by atoms with Gasteiger partial charge in [0.1, 0.15) is 23.9 Å². The van der Waals surface area contributed by atoms with Gasteiger partial charge >= 0.3 is 6.01 Å². The highest BCUT2D eigenvalue weighted by Crippen LogP contribution is 2.28. The number of para-hydroxylation sites is 1. The van der Waals surface area contributed by atoms with Gasteiger partial charge in [0.15, 0.2) is 0 Å². The fraction of sp³-hybridized carbons (Fsp3) is 0.136. The van der Waals surface area contributed by atoms with Crippen LogP contribution in [-0.4, -0.2) is 35.3 Å². The standard InChI is InChI=1S/C22H20N4O3/c1-27-13-14-28-22-25-20-7-3-2-6-19(20)21(26-22)24-16-8-10-17(11-9-16)29-18-5-4-12-23-15-18/h2-12,15H,13-14H2,1H3,(H,24,25,26). The lowest BCUT2D eigenvalue weighted by molar-refractivity contribution is 0.141. The monoisotopic (exact) mass is 388 g/mol. The van der Waals surface area contributed by atoms with Gasteiger partial charge in [0.2, 0.25) is 0 Å². The number of aromatic nitrogens is 3. The average molecular weight is 388 g/mol. The summed E-state index contributed by atoms with van der Waals surface area (Å²) >= 11 is 0. The highest BCUT2D eigenvalue weighted by Gasteiger charge is 2.09. The maximum atomic E-state index is 5.78. The van der Waals surface area contributed by atoms with Crippen molar-refractivity contribution in [2.75, 3.05) is 25.6 Å². The van der Waals surface area contributed by atoms with E-state index >= 15 is 0 Å². The van der Waals surface area contributed by atoms with Crippen LogP contribution in [0.1, 0.15) is 0 Å². The number of rotatable bonds is 8. The number of hydrogen-bond acceptors (Lipinski definition) is 7. The number of benzene rings is 2. The van der Waals surface area contributed by atoms with Crippen molar-refractivity contribution in [2.24, 2.45) is 0 Å². The average Bonchev–Trinajstić information content (AvgIpc) is 2.76. The molecule has 4 rings (SSSR count). The minimum absolute atomic E-state index is 0.305. The molecule has 0 aliphatic carbocycles. The molecule has 7 heteroatoms. The summed E-state index contributed by atoms with van der Waals surface area (Å²) in [7, 11) is 1.62. The van der Waals surface area contributed by atoms with E-state index in [1.54, 1.807) is 19.5 Å². The number of hydrogen-bond donors (Lipinski definition) is 1. The molecule has 7 nitrogen and oxygen atoms in total. The molecule has 0 saturated heterocycles. The molecule has 0 spiro atoms. The highest BCUT2D eigenvalue weighted by molar-refractivity contribution is 5.91. The zero-order chi connectivity index (χ0) is 19.9. The van der Waals surface area contributed by atoms with Gasteiger partial charge in [-0.05, 0) is 48.5 Å². The Balaban J connectivity index is 1.54. The van der Waals surface area contributed by atoms with E-state index in [1.807, 2.05) is 60.7 Å². The van der Waals surface area contributed by atoms with Crippen LogP contribution in [0.15, 0.2) is 73.1 Å². The van der Waals surface area contributed by atoms with Gasteiger partial charge in [-0.1, -0.05) is 12.1 Å². The minimum atomic E-state index is 0.305. The Labute approximate surface area is 168 Å². The smallest absolute Gasteiger partial charge is 0.319 e. The molecule has 0 amide bonds. The van der Waals surface area contributed by atoms with Crippen LogP contribution in [0.3, 0.4) is 0 Å². The Kier molecular flexibility index (Phi) is 5.78. The van der Waals surface area contributed by atoms with Crippen LogP contribution in [0.25, 0.3) is 10.9 Å². The molecule has 0 aliphatic heterocycles. The molecule has 146 valence electrons. The summed E-state index contributed by atoms with van der Waals surface area (Å²) in [5, 5.41) is 4.24. The second kappa shape index (κ2) is 8.99. The molecule has 0 unspecified atom stereocenters. The van der Waals surface area contributed by atoms with Crippen molar-refractivity contribution >= 4 is 22.4 Å². The third kappa shape index (κ3) is 4.77. The van der Waals surface area contributed by atoms with Crippen LogP contribution in [0.5, 0.6) is 17.5 Å². The topological polar surface area (TPSA) is 78.4 Å². The third-order valence-corrected chi connectivity index (χ3v) is 4.09. The fourth-order valence-corrected chi connectivity index (χ4v) is 2.72. The van der Waals surface area contributed by atoms with Gasteiger partial charge < -0.3 is 19.5 Å². The van der Waals surface area contributed by atoms with Crippen molar-refractivity contribution in [3.63, 3.8) is 0 Å². The summed E-state index contributed by atoms with van der Waals surface area (Å²) in [6.07, 6.45) is 3.38. The van der Waals surface area contributed by atoms with E-state index in [0.29, 0.717) is 30.8 Å². The molecule has 29 heavy (non-hydrogen) atoms. The van der Waals surface area contributed by atoms with Gasteiger partial charge in [-0.3, -0.25) is 4.98 Å². The second-order valence-corrected chi connectivity index (χ2v) is 6.15. The van der Waals surface area contributed by atoms with Crippen molar-refractivity contribution in [2.45, 2.75) is 0 Å². The van der Waals surface area contributed by atoms with Crippen LogP contribution in [0.2, 0.25) is 0 Å². The van der Waals surface area contributed by atoms with Crippen LogP contribution < -0.4 is 14.8 Å². The number of nitrogens with zero attached hydrogens (tertiary/aromatic N) is 3. The van der Waals surface area contributed by atoms with E-state index < -0.39 is 0 Å². The van der Waals surface area contributed by atoms with Gasteiger partial charge in [-0.15, -0.1) is 0 Å². The van der Waals surface area contributed by atoms with Gasteiger partial charge in [0, 0.05) is 24.4 Å². The lowest BCUT2D eigenvalue weighted by Gasteiger charge is -2.12. The Morgan fingerprint density at radius 1 is 0.862 bits per heavy atom. The number of methoxy groups -OCH3 is 1. The molecular weight excluding hydrogens is 368 g/mol. The van der Waals surface area contributed by atoms with Crippen molar-refractivity contribution in [1.82, 2.24) is 15.0 Å². The first-order valence-corrected chi connectivity index (χ1v) is 9.15. The predicted molar refractivity (Wildman–Crippen MR) is 111 cm³/mol. The van der Waals surface area contributed by atoms with E-state index in [0.717, 1.165) is 22.3 Å². The quantitative estimate of drug-likeness (QED) is 0.442. The molecule has 2 heterocycles. The van der Waals surface area contributed by atoms with Gasteiger partial charge in [0.05, 0.1) is 18.3 Å². The summed E-state index contributed by atoms with van der Waals surface area (Å²) in [5.74, 6) is 2.08. The van der Waals surface area contributed by atoms with E-state index in [9.17, 15) is 0 Å². The zero-order valence-electron chi connectivity index (χ0n) is 15.9. The molecule has 1 N–H and O–H groups in total. The van der Waals surface area contributed by atoms with Gasteiger partial charge in [0.25, 0.3) is 0 Å². The molecule has 0 radical (unpaired) electrons. The number of anilines is 2. The third-order valence-electron chi connectivity index (χ3n) is 4.09. The van der Waals surface area contributed by atoms with Crippen molar-refractivity contribution < 1.29 is 14.2 Å². The zero-order valence-corrected chi connectivity index (χ0v) is 15.9. The Hall–Kier alpha value is -3.71. The molecule has 0 aliphatic rings. The molecule has 0 saturated carbocycles. The first kappa shape index (κ1) is 18.6. The van der Waals surface area contributed by atoms with Crippen LogP contribution in [0, 0.1) is 0 Å². The first-order valence-electron chi connectivity index (χ1n) is 9.15. The van der Waals surface area contributed by atoms with Crippen molar-refractivity contribution in [1.29, 1.82) is 0 Å². The second-order valence-electron chi connectivity index (χ2n) is 6.15. The van der Waals surface area contributed by atoms with Crippen LogP contribution in [0.4, 0.5) is 11.5 Å². The molecule has 2 aromatic heterocycles. The lowest BCUT2D eigenvalue weighted by atomic mass is 10.2. The molecule has 0 atom stereocenters. The van der Waals surface area contributed by atoms with E-state index in [2.05, 4.69) is 20.3 Å².